The summed E-state index contributed by atoms with van der Waals surface area (Å²) in [6.07, 6.45) is 2.22. The van der Waals surface area contributed by atoms with Gasteiger partial charge in [0.2, 0.25) is 0 Å². The third kappa shape index (κ3) is 5.18. The number of likely N-dealkylation sites (tertiary alicyclic amines) is 1. The Kier molecular flexibility index (Phi) is 7.58. The van der Waals surface area contributed by atoms with Gasteiger partial charge in [-0.3, -0.25) is 4.79 Å². The molecule has 0 aromatic heterocycles. The second-order valence-corrected chi connectivity index (χ2v) is 8.72. The molecule has 1 fully saturated rings. The summed E-state index contributed by atoms with van der Waals surface area (Å²) in [6, 6.07) is 27.3. The van der Waals surface area contributed by atoms with E-state index in [1.54, 1.807) is 0 Å². The molecule has 0 bridgehead atoms. The molecule has 1 saturated heterocycles. The molecule has 1 aliphatic rings. The van der Waals surface area contributed by atoms with E-state index in [0.29, 0.717) is 13.0 Å². The minimum absolute atomic E-state index is 0.0579. The molecule has 1 unspecified atom stereocenters. The first-order valence-electron chi connectivity index (χ1n) is 11.9. The third-order valence-electron chi connectivity index (χ3n) is 6.74. The van der Waals surface area contributed by atoms with Gasteiger partial charge in [0.15, 0.2) is 5.78 Å². The highest BCUT2D eigenvalue weighted by Crippen LogP contribution is 2.45. The van der Waals surface area contributed by atoms with Gasteiger partial charge in [-0.15, -0.1) is 0 Å². The van der Waals surface area contributed by atoms with Crippen LogP contribution >= 0.6 is 0 Å². The molecule has 0 radical (unpaired) electrons. The van der Waals surface area contributed by atoms with Crippen molar-refractivity contribution in [2.75, 3.05) is 26.2 Å². The van der Waals surface area contributed by atoms with Crippen molar-refractivity contribution in [1.29, 1.82) is 0 Å². The molecule has 3 aromatic rings. The van der Waals surface area contributed by atoms with E-state index in [9.17, 15) is 9.90 Å². The first kappa shape index (κ1) is 23.2. The zero-order valence-corrected chi connectivity index (χ0v) is 19.3. The Morgan fingerprint density at radius 3 is 2.21 bits per heavy atom. The Morgan fingerprint density at radius 1 is 0.939 bits per heavy atom. The smallest absolute Gasteiger partial charge is 0.164 e. The van der Waals surface area contributed by atoms with Crippen LogP contribution < -0.4 is 4.74 Å². The fraction of sp³-hybridized carbons (Fsp3) is 0.345. The number of piperidine rings is 1. The zero-order chi connectivity index (χ0) is 23.1. The maximum atomic E-state index is 12.5. The van der Waals surface area contributed by atoms with E-state index in [-0.39, 0.29) is 11.7 Å². The van der Waals surface area contributed by atoms with Gasteiger partial charge in [0.1, 0.15) is 11.4 Å². The molecule has 0 aliphatic carbocycles. The van der Waals surface area contributed by atoms with Gasteiger partial charge in [0, 0.05) is 24.1 Å². The van der Waals surface area contributed by atoms with Crippen LogP contribution in [0, 0.1) is 5.92 Å². The van der Waals surface area contributed by atoms with Crippen molar-refractivity contribution in [2.45, 2.75) is 31.8 Å². The molecule has 1 atom stereocenters. The van der Waals surface area contributed by atoms with Crippen molar-refractivity contribution in [2.24, 2.45) is 5.92 Å². The molecule has 33 heavy (non-hydrogen) atoms. The van der Waals surface area contributed by atoms with Gasteiger partial charge in [-0.25, -0.2) is 0 Å². The topological polar surface area (TPSA) is 49.8 Å². The standard InChI is InChI=1S/C29H33NO3/c1-2-33-28-16-10-9-15-26(28)29(32,24-13-7-4-8-14-24)25-17-20-30(21-18-25)22-19-27(31)23-11-5-3-6-12-23/h3-16,25,32H,2,17-22H2,1H3. The number of ketones is 1. The van der Waals surface area contributed by atoms with Gasteiger partial charge in [0.05, 0.1) is 6.61 Å². The lowest BCUT2D eigenvalue weighted by atomic mass is 9.71. The zero-order valence-electron chi connectivity index (χ0n) is 19.3. The van der Waals surface area contributed by atoms with E-state index in [1.165, 1.54) is 0 Å². The van der Waals surface area contributed by atoms with Crippen molar-refractivity contribution in [3.8, 4) is 5.75 Å². The minimum atomic E-state index is -1.13. The van der Waals surface area contributed by atoms with Gasteiger partial charge in [-0.1, -0.05) is 78.9 Å². The maximum Gasteiger partial charge on any atom is 0.164 e. The minimum Gasteiger partial charge on any atom is -0.493 e. The second-order valence-electron chi connectivity index (χ2n) is 8.72. The normalized spacial score (nSPS) is 16.8. The molecule has 4 rings (SSSR count). The van der Waals surface area contributed by atoms with Crippen molar-refractivity contribution in [1.82, 2.24) is 4.90 Å². The number of nitrogens with zero attached hydrogens (tertiary/aromatic N) is 1. The summed E-state index contributed by atoms with van der Waals surface area (Å²) in [5, 5.41) is 12.3. The van der Waals surface area contributed by atoms with Gasteiger partial charge < -0.3 is 14.7 Å². The van der Waals surface area contributed by atoms with Crippen molar-refractivity contribution in [3.05, 3.63) is 102 Å². The van der Waals surface area contributed by atoms with E-state index in [1.807, 2.05) is 91.9 Å². The second kappa shape index (κ2) is 10.8. The molecule has 0 spiro atoms. The SMILES string of the molecule is CCOc1ccccc1C(O)(c1ccccc1)C1CCN(CCC(=O)c2ccccc2)CC1. The summed E-state index contributed by atoms with van der Waals surface area (Å²) in [5.41, 5.74) is 1.38. The van der Waals surface area contributed by atoms with Crippen LogP contribution in [0.25, 0.3) is 0 Å². The Balaban J connectivity index is 1.49. The lowest BCUT2D eigenvalue weighted by Crippen LogP contribution is -2.44. The third-order valence-corrected chi connectivity index (χ3v) is 6.74. The highest BCUT2D eigenvalue weighted by atomic mass is 16.5. The highest BCUT2D eigenvalue weighted by Gasteiger charge is 2.43. The predicted molar refractivity (Wildman–Crippen MR) is 132 cm³/mol. The Bertz CT molecular complexity index is 1030. The maximum absolute atomic E-state index is 12.5. The van der Waals surface area contributed by atoms with Gasteiger partial charge in [0.25, 0.3) is 0 Å². The molecule has 4 nitrogen and oxygen atoms in total. The molecular weight excluding hydrogens is 410 g/mol. The van der Waals surface area contributed by atoms with E-state index in [4.69, 9.17) is 4.74 Å². The van der Waals surface area contributed by atoms with Crippen LogP contribution in [-0.4, -0.2) is 42.0 Å². The van der Waals surface area contributed by atoms with E-state index in [2.05, 4.69) is 4.90 Å². The number of para-hydroxylation sites is 1. The first-order chi connectivity index (χ1) is 16.1. The number of Topliss-reactive ketones (excluding diaryl/α,β-unsaturated/α-hetero) is 1. The molecule has 3 aromatic carbocycles. The number of hydrogen-bond acceptors (Lipinski definition) is 4. The fourth-order valence-electron chi connectivity index (χ4n) is 4.97. The fourth-order valence-corrected chi connectivity index (χ4v) is 4.97. The van der Waals surface area contributed by atoms with Gasteiger partial charge >= 0.3 is 0 Å². The molecule has 172 valence electrons. The number of carbonyl (C=O) groups excluding carboxylic acids is 1. The Morgan fingerprint density at radius 2 is 1.55 bits per heavy atom. The van der Waals surface area contributed by atoms with Crippen molar-refractivity contribution in [3.63, 3.8) is 0 Å². The number of hydrogen-bond donors (Lipinski definition) is 1. The van der Waals surface area contributed by atoms with E-state index >= 15 is 0 Å². The number of benzene rings is 3. The highest BCUT2D eigenvalue weighted by molar-refractivity contribution is 5.96. The first-order valence-corrected chi connectivity index (χ1v) is 11.9. The van der Waals surface area contributed by atoms with Crippen LogP contribution in [0.5, 0.6) is 5.75 Å². The van der Waals surface area contributed by atoms with E-state index < -0.39 is 5.60 Å². The largest absolute Gasteiger partial charge is 0.493 e. The Hall–Kier alpha value is -2.95. The van der Waals surface area contributed by atoms with Crippen LogP contribution in [-0.2, 0) is 5.60 Å². The van der Waals surface area contributed by atoms with Crippen LogP contribution in [0.1, 0.15) is 47.7 Å². The average molecular weight is 444 g/mol. The summed E-state index contributed by atoms with van der Waals surface area (Å²) in [5.74, 6) is 0.981. The number of aliphatic hydroxyl groups is 1. The van der Waals surface area contributed by atoms with Crippen LogP contribution in [0.15, 0.2) is 84.9 Å². The lowest BCUT2D eigenvalue weighted by molar-refractivity contribution is -0.0159. The molecule has 1 aliphatic heterocycles. The van der Waals surface area contributed by atoms with Crippen molar-refractivity contribution >= 4 is 5.78 Å². The molecule has 0 saturated carbocycles. The van der Waals surface area contributed by atoms with E-state index in [0.717, 1.165) is 54.9 Å². The van der Waals surface area contributed by atoms with Crippen molar-refractivity contribution < 1.29 is 14.6 Å². The van der Waals surface area contributed by atoms with Gasteiger partial charge in [-0.05, 0) is 50.4 Å². The van der Waals surface area contributed by atoms with Crippen LogP contribution in [0.4, 0.5) is 0 Å². The molecule has 0 amide bonds. The predicted octanol–water partition coefficient (Wildman–Crippen LogP) is 5.31. The summed E-state index contributed by atoms with van der Waals surface area (Å²) < 4.78 is 5.92. The van der Waals surface area contributed by atoms with Gasteiger partial charge in [-0.2, -0.15) is 0 Å². The summed E-state index contributed by atoms with van der Waals surface area (Å²) in [6.45, 7) is 4.99. The summed E-state index contributed by atoms with van der Waals surface area (Å²) in [7, 11) is 0. The molecule has 1 N–H and O–H groups in total. The number of rotatable bonds is 9. The van der Waals surface area contributed by atoms with Crippen LogP contribution in [0.2, 0.25) is 0 Å². The lowest BCUT2D eigenvalue weighted by Gasteiger charge is -2.42. The Labute approximate surface area is 196 Å². The summed E-state index contributed by atoms with van der Waals surface area (Å²) >= 11 is 0. The number of carbonyl (C=O) groups is 1. The molecule has 4 heteroatoms. The average Bonchev–Trinajstić information content (AvgIpc) is 2.88. The summed E-state index contributed by atoms with van der Waals surface area (Å²) in [4.78, 5) is 14.8. The number of ether oxygens (including phenoxy) is 1. The monoisotopic (exact) mass is 443 g/mol. The molecule has 1 heterocycles. The quantitative estimate of drug-likeness (QED) is 0.456. The van der Waals surface area contributed by atoms with Crippen LogP contribution in [0.3, 0.4) is 0 Å². The molecular formula is C29H33NO3.